The maximum Gasteiger partial charge on any atom is 0.322 e. The van der Waals surface area contributed by atoms with Crippen LogP contribution in [-0.4, -0.2) is 16.7 Å². The van der Waals surface area contributed by atoms with Crippen molar-refractivity contribution in [2.24, 2.45) is 0 Å². The molecule has 0 bridgehead atoms. The predicted octanol–water partition coefficient (Wildman–Crippen LogP) is 3.82. The van der Waals surface area contributed by atoms with Crippen molar-refractivity contribution in [1.29, 1.82) is 0 Å². The molecule has 2 rings (SSSR count). The third-order valence-electron chi connectivity index (χ3n) is 1.96. The highest BCUT2D eigenvalue weighted by Crippen LogP contribution is 2.20. The lowest BCUT2D eigenvalue weighted by Gasteiger charge is -1.96. The molecule has 0 aliphatic heterocycles. The van der Waals surface area contributed by atoms with E-state index in [1.165, 1.54) is 0 Å². The molecule has 0 aliphatic rings. The Morgan fingerprint density at radius 1 is 1.35 bits per heavy atom. The van der Waals surface area contributed by atoms with Gasteiger partial charge in [-0.2, -0.15) is 4.98 Å². The molecule has 1 heterocycles. The molecule has 6 heteroatoms. The first kappa shape index (κ1) is 12.3. The second-order valence-electron chi connectivity index (χ2n) is 3.30. The number of nitrogens with one attached hydrogen (secondary N) is 1. The van der Waals surface area contributed by atoms with E-state index >= 15 is 0 Å². The van der Waals surface area contributed by atoms with E-state index in [-0.39, 0.29) is 0 Å². The Balaban J connectivity index is 2.12. The average Bonchev–Trinajstić information content (AvgIpc) is 2.76. The van der Waals surface area contributed by atoms with Crippen molar-refractivity contribution in [3.8, 4) is 11.4 Å². The number of halogens is 2. The summed E-state index contributed by atoms with van der Waals surface area (Å²) < 4.78 is 6.89. The van der Waals surface area contributed by atoms with Gasteiger partial charge in [-0.05, 0) is 24.3 Å². The summed E-state index contributed by atoms with van der Waals surface area (Å²) >= 11 is 6.61. The summed E-state index contributed by atoms with van der Waals surface area (Å²) in [5.74, 6) is 0.556. The minimum absolute atomic E-state index is 0.378. The Bertz CT molecular complexity index is 522. The van der Waals surface area contributed by atoms with Gasteiger partial charge in [0.25, 0.3) is 0 Å². The van der Waals surface area contributed by atoms with Gasteiger partial charge in [-0.25, -0.2) is 0 Å². The number of anilines is 1. The van der Waals surface area contributed by atoms with E-state index in [2.05, 4.69) is 53.9 Å². The Morgan fingerprint density at radius 2 is 2.06 bits per heavy atom. The number of hydrogen-bond acceptors (Lipinski definition) is 4. The van der Waals surface area contributed by atoms with Crippen LogP contribution in [-0.2, 0) is 0 Å². The van der Waals surface area contributed by atoms with E-state index in [4.69, 9.17) is 4.52 Å². The van der Waals surface area contributed by atoms with Crippen LogP contribution in [0.5, 0.6) is 0 Å². The molecule has 0 unspecified atom stereocenters. The van der Waals surface area contributed by atoms with Crippen molar-refractivity contribution >= 4 is 37.9 Å². The molecule has 1 aromatic carbocycles. The molecular weight excluding hydrogens is 350 g/mol. The molecule has 0 fully saturated rings. The minimum atomic E-state index is 0.378. The van der Waals surface area contributed by atoms with Crippen LogP contribution < -0.4 is 5.32 Å². The third-order valence-corrected chi connectivity index (χ3v) is 2.77. The number of aromatic nitrogens is 2. The number of benzene rings is 1. The Labute approximate surface area is 115 Å². The smallest absolute Gasteiger partial charge is 0.322 e. The molecule has 4 nitrogen and oxygen atoms in total. The van der Waals surface area contributed by atoms with E-state index in [9.17, 15) is 0 Å². The predicted molar refractivity (Wildman–Crippen MR) is 74.0 cm³/mol. The van der Waals surface area contributed by atoms with Crippen LogP contribution >= 0.6 is 31.9 Å². The fourth-order valence-corrected chi connectivity index (χ4v) is 1.59. The van der Waals surface area contributed by atoms with E-state index < -0.39 is 0 Å². The SMILES string of the molecule is C=C(Br)CNc1nc(-c2ccc(Br)cc2)no1. The molecule has 0 radical (unpaired) electrons. The lowest BCUT2D eigenvalue weighted by molar-refractivity contribution is 0.433. The quantitative estimate of drug-likeness (QED) is 0.902. The van der Waals surface area contributed by atoms with E-state index in [0.29, 0.717) is 18.4 Å². The Hall–Kier alpha value is -1.14. The normalized spacial score (nSPS) is 10.2. The standard InChI is InChI=1S/C11H9Br2N3O/c1-7(12)6-14-11-15-10(16-17-11)8-2-4-9(13)5-3-8/h2-5H,1,6H2,(H,14,15,16). The lowest BCUT2D eigenvalue weighted by atomic mass is 10.2. The van der Waals surface area contributed by atoms with E-state index in [1.54, 1.807) is 0 Å². The molecule has 0 aliphatic carbocycles. The average molecular weight is 359 g/mol. The highest BCUT2D eigenvalue weighted by Gasteiger charge is 2.07. The molecule has 1 aromatic heterocycles. The summed E-state index contributed by atoms with van der Waals surface area (Å²) in [4.78, 5) is 4.22. The zero-order valence-electron chi connectivity index (χ0n) is 8.78. The first-order valence-electron chi connectivity index (χ1n) is 4.82. The summed E-state index contributed by atoms with van der Waals surface area (Å²) in [6, 6.07) is 8.08. The van der Waals surface area contributed by atoms with Crippen molar-refractivity contribution < 1.29 is 4.52 Å². The second-order valence-corrected chi connectivity index (χ2v) is 5.34. The zero-order valence-corrected chi connectivity index (χ0v) is 12.0. The van der Waals surface area contributed by atoms with Crippen molar-refractivity contribution in [3.63, 3.8) is 0 Å². The minimum Gasteiger partial charge on any atom is -0.333 e. The van der Waals surface area contributed by atoms with Gasteiger partial charge in [0.2, 0.25) is 5.82 Å². The van der Waals surface area contributed by atoms with Crippen molar-refractivity contribution in [2.45, 2.75) is 0 Å². The van der Waals surface area contributed by atoms with Gasteiger partial charge in [0.15, 0.2) is 0 Å². The maximum absolute atomic E-state index is 5.05. The van der Waals surface area contributed by atoms with Gasteiger partial charge < -0.3 is 9.84 Å². The molecule has 0 spiro atoms. The molecule has 88 valence electrons. The largest absolute Gasteiger partial charge is 0.333 e. The van der Waals surface area contributed by atoms with Gasteiger partial charge in [0, 0.05) is 14.5 Å². The Kier molecular flexibility index (Phi) is 3.96. The topological polar surface area (TPSA) is 51.0 Å². The molecule has 1 N–H and O–H groups in total. The first-order chi connectivity index (χ1) is 8.15. The molecule has 0 amide bonds. The fourth-order valence-electron chi connectivity index (χ4n) is 1.18. The van der Waals surface area contributed by atoms with Crippen LogP contribution in [0, 0.1) is 0 Å². The van der Waals surface area contributed by atoms with Crippen LogP contribution in [0.4, 0.5) is 6.01 Å². The fraction of sp³-hybridized carbons (Fsp3) is 0.0909. The van der Waals surface area contributed by atoms with E-state index in [1.807, 2.05) is 24.3 Å². The second kappa shape index (κ2) is 5.46. The summed E-state index contributed by atoms with van der Waals surface area (Å²) in [5.41, 5.74) is 0.905. The van der Waals surface area contributed by atoms with Crippen molar-refractivity contribution in [2.75, 3.05) is 11.9 Å². The van der Waals surface area contributed by atoms with Crippen LogP contribution in [0.25, 0.3) is 11.4 Å². The molecular formula is C11H9Br2N3O. The van der Waals surface area contributed by atoms with Crippen molar-refractivity contribution in [1.82, 2.24) is 10.1 Å². The summed E-state index contributed by atoms with van der Waals surface area (Å²) in [6.07, 6.45) is 0. The van der Waals surface area contributed by atoms with Crippen LogP contribution in [0.15, 0.2) is 44.3 Å². The molecule has 2 aromatic rings. The Morgan fingerprint density at radius 3 is 2.71 bits per heavy atom. The van der Waals surface area contributed by atoms with Gasteiger partial charge in [0.05, 0.1) is 6.54 Å². The number of rotatable bonds is 4. The number of nitrogens with zero attached hydrogens (tertiary/aromatic N) is 2. The van der Waals surface area contributed by atoms with Gasteiger partial charge in [-0.15, -0.1) is 0 Å². The highest BCUT2D eigenvalue weighted by atomic mass is 79.9. The summed E-state index contributed by atoms with van der Waals surface area (Å²) in [5, 5.41) is 6.83. The van der Waals surface area contributed by atoms with E-state index in [0.717, 1.165) is 14.5 Å². The van der Waals surface area contributed by atoms with Gasteiger partial charge >= 0.3 is 6.01 Å². The third kappa shape index (κ3) is 3.41. The first-order valence-corrected chi connectivity index (χ1v) is 6.40. The molecule has 0 atom stereocenters. The van der Waals surface area contributed by atoms with Crippen molar-refractivity contribution in [3.05, 3.63) is 39.8 Å². The van der Waals surface area contributed by atoms with Crippen LogP contribution in [0.1, 0.15) is 0 Å². The number of hydrogen-bond donors (Lipinski definition) is 1. The molecule has 0 saturated heterocycles. The van der Waals surface area contributed by atoms with Gasteiger partial charge in [0.1, 0.15) is 0 Å². The summed E-state index contributed by atoms with van der Waals surface area (Å²) in [7, 11) is 0. The highest BCUT2D eigenvalue weighted by molar-refractivity contribution is 9.11. The van der Waals surface area contributed by atoms with Gasteiger partial charge in [-0.1, -0.05) is 43.6 Å². The molecule has 17 heavy (non-hydrogen) atoms. The zero-order chi connectivity index (χ0) is 12.3. The van der Waals surface area contributed by atoms with Crippen LogP contribution in [0.2, 0.25) is 0 Å². The van der Waals surface area contributed by atoms with Gasteiger partial charge in [-0.3, -0.25) is 0 Å². The summed E-state index contributed by atoms with van der Waals surface area (Å²) in [6.45, 7) is 4.25. The lowest BCUT2D eigenvalue weighted by Crippen LogP contribution is -2.00. The molecule has 0 saturated carbocycles. The monoisotopic (exact) mass is 357 g/mol. The van der Waals surface area contributed by atoms with Crippen LogP contribution in [0.3, 0.4) is 0 Å². The maximum atomic E-state index is 5.05.